The second kappa shape index (κ2) is 5.48. The number of hydrogen-bond acceptors (Lipinski definition) is 5. The van der Waals surface area contributed by atoms with Crippen LogP contribution >= 0.6 is 11.8 Å². The standard InChI is InChI=1S/C11H16N2O2S/c1-8(14)5-6-10-12-11(13-15-10)9-4-2-3-7-16-9/h9H,2-7H2,1H3. The molecular weight excluding hydrogens is 224 g/mol. The van der Waals surface area contributed by atoms with Crippen molar-refractivity contribution in [2.45, 2.75) is 44.3 Å². The molecule has 1 fully saturated rings. The fourth-order valence-corrected chi connectivity index (χ4v) is 2.96. The molecule has 1 aromatic heterocycles. The molecule has 4 nitrogen and oxygen atoms in total. The van der Waals surface area contributed by atoms with Crippen molar-refractivity contribution in [1.82, 2.24) is 10.1 Å². The van der Waals surface area contributed by atoms with E-state index in [9.17, 15) is 4.79 Å². The number of carbonyl (C=O) groups excluding carboxylic acids is 1. The van der Waals surface area contributed by atoms with Gasteiger partial charge < -0.3 is 9.32 Å². The molecule has 2 rings (SSSR count). The van der Waals surface area contributed by atoms with Crippen LogP contribution in [0.25, 0.3) is 0 Å². The van der Waals surface area contributed by atoms with Gasteiger partial charge in [-0.05, 0) is 25.5 Å². The first-order valence-electron chi connectivity index (χ1n) is 5.69. The third kappa shape index (κ3) is 3.07. The van der Waals surface area contributed by atoms with Crippen LogP contribution in [-0.4, -0.2) is 21.7 Å². The van der Waals surface area contributed by atoms with Crippen molar-refractivity contribution in [2.24, 2.45) is 0 Å². The molecule has 1 aromatic rings. The van der Waals surface area contributed by atoms with E-state index in [2.05, 4.69) is 10.1 Å². The van der Waals surface area contributed by atoms with E-state index in [1.807, 2.05) is 11.8 Å². The van der Waals surface area contributed by atoms with Gasteiger partial charge in [0.2, 0.25) is 5.89 Å². The molecule has 1 saturated heterocycles. The number of aryl methyl sites for hydroxylation is 1. The zero-order valence-electron chi connectivity index (χ0n) is 9.44. The zero-order chi connectivity index (χ0) is 11.4. The van der Waals surface area contributed by atoms with E-state index in [-0.39, 0.29) is 5.78 Å². The van der Waals surface area contributed by atoms with Gasteiger partial charge in [-0.2, -0.15) is 16.7 Å². The average Bonchev–Trinajstić information content (AvgIpc) is 2.76. The van der Waals surface area contributed by atoms with Crippen molar-refractivity contribution in [2.75, 3.05) is 5.75 Å². The first-order valence-corrected chi connectivity index (χ1v) is 6.74. The minimum atomic E-state index is 0.159. The molecule has 1 unspecified atom stereocenters. The first-order chi connectivity index (χ1) is 7.75. The molecule has 0 aromatic carbocycles. The Morgan fingerprint density at radius 3 is 3.12 bits per heavy atom. The van der Waals surface area contributed by atoms with E-state index < -0.39 is 0 Å². The predicted molar refractivity (Wildman–Crippen MR) is 62.4 cm³/mol. The van der Waals surface area contributed by atoms with Crippen LogP contribution in [0.5, 0.6) is 0 Å². The van der Waals surface area contributed by atoms with Gasteiger partial charge in [-0.25, -0.2) is 0 Å². The second-order valence-electron chi connectivity index (χ2n) is 4.10. The van der Waals surface area contributed by atoms with Crippen LogP contribution in [0.3, 0.4) is 0 Å². The van der Waals surface area contributed by atoms with Gasteiger partial charge in [0.15, 0.2) is 5.82 Å². The number of nitrogens with zero attached hydrogens (tertiary/aromatic N) is 2. The summed E-state index contributed by atoms with van der Waals surface area (Å²) in [6, 6.07) is 0. The predicted octanol–water partition coefficient (Wildman–Crippen LogP) is 2.55. The van der Waals surface area contributed by atoms with Crippen molar-refractivity contribution in [3.8, 4) is 0 Å². The quantitative estimate of drug-likeness (QED) is 0.809. The summed E-state index contributed by atoms with van der Waals surface area (Å²) in [5, 5.41) is 4.39. The lowest BCUT2D eigenvalue weighted by atomic mass is 10.2. The number of carbonyl (C=O) groups is 1. The third-order valence-corrected chi connectivity index (χ3v) is 4.02. The van der Waals surface area contributed by atoms with E-state index in [0.717, 1.165) is 12.2 Å². The molecule has 0 saturated carbocycles. The van der Waals surface area contributed by atoms with E-state index >= 15 is 0 Å². The molecule has 0 spiro atoms. The van der Waals surface area contributed by atoms with Gasteiger partial charge in [0.1, 0.15) is 5.78 Å². The minimum Gasteiger partial charge on any atom is -0.339 e. The van der Waals surface area contributed by atoms with Crippen LogP contribution < -0.4 is 0 Å². The Kier molecular flexibility index (Phi) is 3.98. The summed E-state index contributed by atoms with van der Waals surface area (Å²) in [4.78, 5) is 15.2. The number of thioether (sulfide) groups is 1. The van der Waals surface area contributed by atoms with Crippen LogP contribution in [0.2, 0.25) is 0 Å². The molecule has 2 heterocycles. The van der Waals surface area contributed by atoms with Gasteiger partial charge >= 0.3 is 0 Å². The maximum Gasteiger partial charge on any atom is 0.227 e. The van der Waals surface area contributed by atoms with Gasteiger partial charge in [-0.3, -0.25) is 0 Å². The SMILES string of the molecule is CC(=O)CCc1nc(C2CCCCS2)no1. The zero-order valence-corrected chi connectivity index (χ0v) is 10.3. The van der Waals surface area contributed by atoms with Crippen molar-refractivity contribution in [3.63, 3.8) is 0 Å². The smallest absolute Gasteiger partial charge is 0.227 e. The van der Waals surface area contributed by atoms with Crippen LogP contribution in [0.1, 0.15) is 49.6 Å². The third-order valence-electron chi connectivity index (χ3n) is 2.64. The Labute approximate surface area is 99.2 Å². The lowest BCUT2D eigenvalue weighted by molar-refractivity contribution is -0.117. The first kappa shape index (κ1) is 11.6. The van der Waals surface area contributed by atoms with Crippen LogP contribution in [0, 0.1) is 0 Å². The van der Waals surface area contributed by atoms with Crippen molar-refractivity contribution in [1.29, 1.82) is 0 Å². The van der Waals surface area contributed by atoms with Gasteiger partial charge in [-0.15, -0.1) is 0 Å². The Bertz CT molecular complexity index is 359. The molecule has 0 aliphatic carbocycles. The Balaban J connectivity index is 1.93. The highest BCUT2D eigenvalue weighted by atomic mass is 32.2. The van der Waals surface area contributed by atoms with Crippen LogP contribution in [0.4, 0.5) is 0 Å². The van der Waals surface area contributed by atoms with Gasteiger partial charge in [-0.1, -0.05) is 11.6 Å². The number of hydrogen-bond donors (Lipinski definition) is 0. The summed E-state index contributed by atoms with van der Waals surface area (Å²) in [5.41, 5.74) is 0. The maximum atomic E-state index is 10.8. The molecule has 0 radical (unpaired) electrons. The Morgan fingerprint density at radius 1 is 1.56 bits per heavy atom. The molecule has 1 atom stereocenters. The number of aromatic nitrogens is 2. The summed E-state index contributed by atoms with van der Waals surface area (Å²) >= 11 is 1.90. The van der Waals surface area contributed by atoms with Crippen LogP contribution in [0.15, 0.2) is 4.52 Å². The monoisotopic (exact) mass is 240 g/mol. The Morgan fingerprint density at radius 2 is 2.44 bits per heavy atom. The van der Waals surface area contributed by atoms with E-state index in [4.69, 9.17) is 4.52 Å². The normalized spacial score (nSPS) is 20.9. The van der Waals surface area contributed by atoms with Gasteiger partial charge in [0, 0.05) is 12.8 Å². The molecule has 0 bridgehead atoms. The van der Waals surface area contributed by atoms with Gasteiger partial charge in [0.05, 0.1) is 5.25 Å². The molecule has 5 heteroatoms. The highest BCUT2D eigenvalue weighted by Gasteiger charge is 2.21. The summed E-state index contributed by atoms with van der Waals surface area (Å²) in [7, 11) is 0. The van der Waals surface area contributed by atoms with E-state index in [0.29, 0.717) is 24.0 Å². The average molecular weight is 240 g/mol. The largest absolute Gasteiger partial charge is 0.339 e. The molecule has 0 amide bonds. The summed E-state index contributed by atoms with van der Waals surface area (Å²) in [6.45, 7) is 1.58. The lowest BCUT2D eigenvalue weighted by Gasteiger charge is -2.17. The topological polar surface area (TPSA) is 56.0 Å². The van der Waals surface area contributed by atoms with Crippen molar-refractivity contribution >= 4 is 17.5 Å². The lowest BCUT2D eigenvalue weighted by Crippen LogP contribution is -2.04. The van der Waals surface area contributed by atoms with E-state index in [1.54, 1.807) is 6.92 Å². The summed E-state index contributed by atoms with van der Waals surface area (Å²) in [5.74, 6) is 2.74. The number of rotatable bonds is 4. The maximum absolute atomic E-state index is 10.8. The van der Waals surface area contributed by atoms with Crippen LogP contribution in [-0.2, 0) is 11.2 Å². The van der Waals surface area contributed by atoms with Gasteiger partial charge in [0.25, 0.3) is 0 Å². The van der Waals surface area contributed by atoms with E-state index in [1.165, 1.54) is 18.6 Å². The molecule has 88 valence electrons. The fraction of sp³-hybridized carbons (Fsp3) is 0.727. The summed E-state index contributed by atoms with van der Waals surface area (Å²) in [6.07, 6.45) is 4.72. The number of Topliss-reactive ketones (excluding diaryl/α,β-unsaturated/α-hetero) is 1. The molecule has 0 N–H and O–H groups in total. The summed E-state index contributed by atoms with van der Waals surface area (Å²) < 4.78 is 5.14. The molecule has 1 aliphatic heterocycles. The highest BCUT2D eigenvalue weighted by Crippen LogP contribution is 2.36. The molecule has 16 heavy (non-hydrogen) atoms. The minimum absolute atomic E-state index is 0.159. The fourth-order valence-electron chi connectivity index (χ4n) is 1.73. The van der Waals surface area contributed by atoms with Crippen molar-refractivity contribution in [3.05, 3.63) is 11.7 Å². The number of ketones is 1. The Hall–Kier alpha value is -0.840. The molecular formula is C11H16N2O2S. The molecule has 1 aliphatic rings. The van der Waals surface area contributed by atoms with Crippen molar-refractivity contribution < 1.29 is 9.32 Å². The highest BCUT2D eigenvalue weighted by molar-refractivity contribution is 7.99. The second-order valence-corrected chi connectivity index (χ2v) is 5.41.